The molecule has 0 aromatic carbocycles. The van der Waals surface area contributed by atoms with E-state index in [-0.39, 0.29) is 0 Å². The lowest BCUT2D eigenvalue weighted by Crippen LogP contribution is -2.33. The number of hydrogen-bond acceptors (Lipinski definition) is 3. The lowest BCUT2D eigenvalue weighted by atomic mass is 9.93. The van der Waals surface area contributed by atoms with E-state index < -0.39 is 0 Å². The molecule has 0 aliphatic carbocycles. The third-order valence-electron chi connectivity index (χ3n) is 3.93. The van der Waals surface area contributed by atoms with Crippen molar-refractivity contribution in [1.82, 2.24) is 4.90 Å². The van der Waals surface area contributed by atoms with Gasteiger partial charge < -0.3 is 5.73 Å². The lowest BCUT2D eigenvalue weighted by Gasteiger charge is -2.31. The van der Waals surface area contributed by atoms with E-state index in [1.54, 1.807) is 0 Å². The molecule has 1 fully saturated rings. The Morgan fingerprint density at radius 3 is 2.65 bits per heavy atom. The molecule has 1 aliphatic heterocycles. The highest BCUT2D eigenvalue weighted by molar-refractivity contribution is 7.12. The van der Waals surface area contributed by atoms with Crippen molar-refractivity contribution in [3.05, 3.63) is 21.4 Å². The Morgan fingerprint density at radius 1 is 1.47 bits per heavy atom. The van der Waals surface area contributed by atoms with Crippen LogP contribution in [0.3, 0.4) is 0 Å². The third-order valence-corrected chi connectivity index (χ3v) is 4.91. The highest BCUT2D eigenvalue weighted by atomic mass is 32.1. The Labute approximate surface area is 109 Å². The molecule has 1 aliphatic rings. The zero-order valence-electron chi connectivity index (χ0n) is 11.4. The van der Waals surface area contributed by atoms with Gasteiger partial charge in [-0.15, -0.1) is 11.3 Å². The number of aryl methyl sites for hydroxylation is 2. The lowest BCUT2D eigenvalue weighted by molar-refractivity contribution is 0.184. The number of thiophene rings is 1. The maximum absolute atomic E-state index is 5.96. The maximum atomic E-state index is 5.96. The highest BCUT2D eigenvalue weighted by Crippen LogP contribution is 2.41. The van der Waals surface area contributed by atoms with Crippen LogP contribution in [0.15, 0.2) is 6.07 Å². The van der Waals surface area contributed by atoms with Crippen molar-refractivity contribution in [2.75, 3.05) is 13.1 Å². The summed E-state index contributed by atoms with van der Waals surface area (Å²) in [5, 5.41) is 0. The SMILES string of the molecule is Cc1cc(C2C(CN)CCN2C(C)C)c(C)s1. The topological polar surface area (TPSA) is 29.3 Å². The fourth-order valence-electron chi connectivity index (χ4n) is 3.09. The maximum Gasteiger partial charge on any atom is 0.0402 e. The number of nitrogens with two attached hydrogens (primary N) is 1. The second-order valence-electron chi connectivity index (χ2n) is 5.43. The minimum absolute atomic E-state index is 0.546. The van der Waals surface area contributed by atoms with E-state index in [4.69, 9.17) is 5.73 Å². The molecule has 96 valence electrons. The molecule has 1 aromatic rings. The number of likely N-dealkylation sites (tertiary alicyclic amines) is 1. The Morgan fingerprint density at radius 2 is 2.18 bits per heavy atom. The summed E-state index contributed by atoms with van der Waals surface area (Å²) in [6.07, 6.45) is 1.24. The van der Waals surface area contributed by atoms with Gasteiger partial charge in [-0.05, 0) is 64.8 Å². The largest absolute Gasteiger partial charge is 0.330 e. The summed E-state index contributed by atoms with van der Waals surface area (Å²) in [6, 6.07) is 3.52. The predicted molar refractivity (Wildman–Crippen MR) is 75.5 cm³/mol. The zero-order chi connectivity index (χ0) is 12.6. The molecule has 0 bridgehead atoms. The van der Waals surface area contributed by atoms with Gasteiger partial charge in [-0.1, -0.05) is 0 Å². The first kappa shape index (κ1) is 13.1. The fourth-order valence-corrected chi connectivity index (χ4v) is 4.05. The van der Waals surface area contributed by atoms with E-state index in [1.165, 1.54) is 28.3 Å². The van der Waals surface area contributed by atoms with Crippen LogP contribution in [0.4, 0.5) is 0 Å². The Bertz CT molecular complexity index is 384. The average molecular weight is 252 g/mol. The number of rotatable bonds is 3. The molecule has 0 saturated carbocycles. The first-order valence-electron chi connectivity index (χ1n) is 6.57. The van der Waals surface area contributed by atoms with Gasteiger partial charge in [-0.3, -0.25) is 4.90 Å². The molecule has 2 rings (SSSR count). The minimum atomic E-state index is 0.546. The van der Waals surface area contributed by atoms with Gasteiger partial charge in [0.05, 0.1) is 0 Å². The summed E-state index contributed by atoms with van der Waals surface area (Å²) in [7, 11) is 0. The van der Waals surface area contributed by atoms with E-state index in [2.05, 4.69) is 38.7 Å². The second-order valence-corrected chi connectivity index (χ2v) is 6.89. The number of nitrogens with zero attached hydrogens (tertiary/aromatic N) is 1. The van der Waals surface area contributed by atoms with Gasteiger partial charge in [0.25, 0.3) is 0 Å². The molecule has 2 heterocycles. The van der Waals surface area contributed by atoms with Gasteiger partial charge in [-0.2, -0.15) is 0 Å². The summed E-state index contributed by atoms with van der Waals surface area (Å²) >= 11 is 1.91. The van der Waals surface area contributed by atoms with Gasteiger partial charge in [0.1, 0.15) is 0 Å². The van der Waals surface area contributed by atoms with Crippen LogP contribution in [-0.2, 0) is 0 Å². The van der Waals surface area contributed by atoms with Gasteiger partial charge in [0.15, 0.2) is 0 Å². The van der Waals surface area contributed by atoms with E-state index in [1.807, 2.05) is 11.3 Å². The van der Waals surface area contributed by atoms with Crippen molar-refractivity contribution in [3.8, 4) is 0 Å². The van der Waals surface area contributed by atoms with E-state index in [0.717, 1.165) is 6.54 Å². The molecule has 2 nitrogen and oxygen atoms in total. The molecule has 0 spiro atoms. The third kappa shape index (κ3) is 2.42. The molecular formula is C14H24N2S. The van der Waals surface area contributed by atoms with Crippen LogP contribution in [0.2, 0.25) is 0 Å². The molecule has 1 saturated heterocycles. The van der Waals surface area contributed by atoms with Crippen LogP contribution >= 0.6 is 11.3 Å². The molecule has 2 atom stereocenters. The first-order valence-corrected chi connectivity index (χ1v) is 7.39. The zero-order valence-corrected chi connectivity index (χ0v) is 12.2. The molecule has 3 heteroatoms. The Balaban J connectivity index is 2.34. The second kappa shape index (κ2) is 5.09. The highest BCUT2D eigenvalue weighted by Gasteiger charge is 2.36. The summed E-state index contributed by atoms with van der Waals surface area (Å²) < 4.78 is 0. The first-order chi connectivity index (χ1) is 8.04. The van der Waals surface area contributed by atoms with Crippen LogP contribution in [0.1, 0.15) is 41.6 Å². The van der Waals surface area contributed by atoms with Crippen LogP contribution in [0.25, 0.3) is 0 Å². The van der Waals surface area contributed by atoms with Crippen molar-refractivity contribution < 1.29 is 0 Å². The van der Waals surface area contributed by atoms with Crippen molar-refractivity contribution in [2.24, 2.45) is 11.7 Å². The van der Waals surface area contributed by atoms with E-state index in [9.17, 15) is 0 Å². The summed E-state index contributed by atoms with van der Waals surface area (Å²) in [6.45, 7) is 11.0. The van der Waals surface area contributed by atoms with Gasteiger partial charge in [0.2, 0.25) is 0 Å². The van der Waals surface area contributed by atoms with Gasteiger partial charge >= 0.3 is 0 Å². The molecule has 2 N–H and O–H groups in total. The normalized spacial score (nSPS) is 26.0. The summed E-state index contributed by atoms with van der Waals surface area (Å²) in [5.74, 6) is 0.630. The van der Waals surface area contributed by atoms with Crippen LogP contribution in [0.5, 0.6) is 0 Å². The molecule has 1 aromatic heterocycles. The molecule has 2 unspecified atom stereocenters. The minimum Gasteiger partial charge on any atom is -0.330 e. The number of hydrogen-bond donors (Lipinski definition) is 1. The Hall–Kier alpha value is -0.380. The molecule has 17 heavy (non-hydrogen) atoms. The van der Waals surface area contributed by atoms with Crippen molar-refractivity contribution in [3.63, 3.8) is 0 Å². The monoisotopic (exact) mass is 252 g/mol. The average Bonchev–Trinajstić information content (AvgIpc) is 2.80. The van der Waals surface area contributed by atoms with E-state index >= 15 is 0 Å². The van der Waals surface area contributed by atoms with Crippen LogP contribution < -0.4 is 5.73 Å². The predicted octanol–water partition coefficient (Wildman–Crippen LogP) is 3.10. The van der Waals surface area contributed by atoms with Crippen LogP contribution in [0, 0.1) is 19.8 Å². The summed E-state index contributed by atoms with van der Waals surface area (Å²) in [5.41, 5.74) is 7.48. The van der Waals surface area contributed by atoms with E-state index in [0.29, 0.717) is 18.0 Å². The van der Waals surface area contributed by atoms with Gasteiger partial charge in [-0.25, -0.2) is 0 Å². The van der Waals surface area contributed by atoms with Crippen LogP contribution in [-0.4, -0.2) is 24.0 Å². The van der Waals surface area contributed by atoms with Crippen molar-refractivity contribution >= 4 is 11.3 Å². The molecule has 0 radical (unpaired) electrons. The smallest absolute Gasteiger partial charge is 0.0402 e. The van der Waals surface area contributed by atoms with Crippen molar-refractivity contribution in [2.45, 2.75) is 46.2 Å². The fraction of sp³-hybridized carbons (Fsp3) is 0.714. The summed E-state index contributed by atoms with van der Waals surface area (Å²) in [4.78, 5) is 5.51. The Kier molecular flexibility index (Phi) is 3.91. The molecule has 0 amide bonds. The van der Waals surface area contributed by atoms with Gasteiger partial charge in [0, 0.05) is 21.8 Å². The quantitative estimate of drug-likeness (QED) is 0.895. The molecular weight excluding hydrogens is 228 g/mol. The standard InChI is InChI=1S/C14H24N2S/c1-9(2)16-6-5-12(8-15)14(16)13-7-10(3)17-11(13)4/h7,9,12,14H,5-6,8,15H2,1-4H3. The van der Waals surface area contributed by atoms with Crippen molar-refractivity contribution in [1.29, 1.82) is 0 Å².